The first kappa shape index (κ1) is 12.8. The number of hydrogen-bond acceptors (Lipinski definition) is 5. The van der Waals surface area contributed by atoms with Crippen LogP contribution in [0.15, 0.2) is 12.4 Å². The van der Waals surface area contributed by atoms with Crippen molar-refractivity contribution in [3.05, 3.63) is 18.1 Å². The number of hydrogen-bond donors (Lipinski definition) is 2. The lowest BCUT2D eigenvalue weighted by Crippen LogP contribution is -2.36. The summed E-state index contributed by atoms with van der Waals surface area (Å²) in [6, 6.07) is 0. The van der Waals surface area contributed by atoms with Crippen molar-refractivity contribution in [3.63, 3.8) is 0 Å². The fraction of sp³-hybridized carbons (Fsp3) is 0.583. The van der Waals surface area contributed by atoms with Crippen molar-refractivity contribution in [1.29, 1.82) is 0 Å². The van der Waals surface area contributed by atoms with Crippen LogP contribution in [0.4, 0.5) is 0 Å². The van der Waals surface area contributed by atoms with E-state index in [0.717, 1.165) is 19.3 Å². The molecule has 1 saturated carbocycles. The highest BCUT2D eigenvalue weighted by Gasteiger charge is 2.27. The minimum Gasteiger partial charge on any atom is -0.472 e. The Morgan fingerprint density at radius 1 is 1.33 bits per heavy atom. The minimum atomic E-state index is -0.627. The molecule has 1 aromatic rings. The molecule has 0 radical (unpaired) electrons. The second-order valence-electron chi connectivity index (χ2n) is 4.51. The van der Waals surface area contributed by atoms with E-state index in [1.165, 1.54) is 18.8 Å². The maximum absolute atomic E-state index is 11.2. The molecule has 0 aliphatic heterocycles. The average molecular weight is 250 g/mol. The Bertz CT molecular complexity index is 424. The topological polar surface area (TPSA) is 104 Å². The van der Waals surface area contributed by atoms with Crippen LogP contribution in [0, 0.1) is 5.92 Å². The number of amides is 1. The molecule has 1 aliphatic rings. The van der Waals surface area contributed by atoms with Crippen molar-refractivity contribution in [2.24, 2.45) is 17.4 Å². The van der Waals surface area contributed by atoms with E-state index in [2.05, 4.69) is 9.97 Å². The summed E-state index contributed by atoms with van der Waals surface area (Å²) < 4.78 is 5.80. The second kappa shape index (κ2) is 5.77. The molecule has 1 amide bonds. The third-order valence-electron chi connectivity index (χ3n) is 3.30. The third-order valence-corrected chi connectivity index (χ3v) is 3.30. The van der Waals surface area contributed by atoms with Crippen molar-refractivity contribution in [2.45, 2.75) is 31.8 Å². The Balaban J connectivity index is 2.15. The number of aromatic nitrogens is 2. The first-order valence-electron chi connectivity index (χ1n) is 6.20. The smallest absolute Gasteiger partial charge is 0.272 e. The Morgan fingerprint density at radius 3 is 2.78 bits per heavy atom. The van der Waals surface area contributed by atoms with E-state index in [4.69, 9.17) is 16.2 Å². The predicted molar refractivity (Wildman–Crippen MR) is 66.0 cm³/mol. The molecule has 1 fully saturated rings. The van der Waals surface area contributed by atoms with Gasteiger partial charge in [-0.25, -0.2) is 9.97 Å². The molecule has 0 spiro atoms. The van der Waals surface area contributed by atoms with Crippen LogP contribution < -0.4 is 16.2 Å². The van der Waals surface area contributed by atoms with Crippen molar-refractivity contribution in [1.82, 2.24) is 9.97 Å². The van der Waals surface area contributed by atoms with Crippen molar-refractivity contribution in [3.8, 4) is 5.88 Å². The number of rotatable bonds is 4. The van der Waals surface area contributed by atoms with E-state index in [9.17, 15) is 4.79 Å². The Labute approximate surface area is 106 Å². The van der Waals surface area contributed by atoms with Gasteiger partial charge in [-0.1, -0.05) is 6.42 Å². The fourth-order valence-electron chi connectivity index (χ4n) is 2.32. The summed E-state index contributed by atoms with van der Waals surface area (Å²) in [5.74, 6) is -0.102. The van der Waals surface area contributed by atoms with Crippen LogP contribution in [0.25, 0.3) is 0 Å². The SMILES string of the molecule is NCC1CCCCC1Oc1nccnc1C(N)=O. The molecule has 0 bridgehead atoms. The van der Waals surface area contributed by atoms with Crippen molar-refractivity contribution >= 4 is 5.91 Å². The van der Waals surface area contributed by atoms with E-state index in [1.54, 1.807) is 0 Å². The fourth-order valence-corrected chi connectivity index (χ4v) is 2.32. The van der Waals surface area contributed by atoms with Crippen LogP contribution in [0.1, 0.15) is 36.2 Å². The monoisotopic (exact) mass is 250 g/mol. The molecule has 0 saturated heterocycles. The molecule has 2 atom stereocenters. The number of nitrogens with two attached hydrogens (primary N) is 2. The Hall–Kier alpha value is -1.69. The van der Waals surface area contributed by atoms with Gasteiger partial charge in [-0.05, 0) is 25.8 Å². The zero-order chi connectivity index (χ0) is 13.0. The number of carbonyl (C=O) groups is 1. The van der Waals surface area contributed by atoms with Gasteiger partial charge in [-0.3, -0.25) is 4.79 Å². The lowest BCUT2D eigenvalue weighted by atomic mass is 9.86. The molecule has 98 valence electrons. The van der Waals surface area contributed by atoms with Crippen LogP contribution in [-0.2, 0) is 0 Å². The van der Waals surface area contributed by atoms with E-state index in [0.29, 0.717) is 12.5 Å². The van der Waals surface area contributed by atoms with E-state index < -0.39 is 5.91 Å². The highest BCUT2D eigenvalue weighted by atomic mass is 16.5. The van der Waals surface area contributed by atoms with Gasteiger partial charge in [0, 0.05) is 18.3 Å². The quantitative estimate of drug-likeness (QED) is 0.808. The molecular formula is C12H18N4O2. The summed E-state index contributed by atoms with van der Waals surface area (Å²) in [5, 5.41) is 0. The van der Waals surface area contributed by atoms with E-state index in [-0.39, 0.29) is 17.7 Å². The van der Waals surface area contributed by atoms with Crippen LogP contribution in [0.2, 0.25) is 0 Å². The molecule has 0 aromatic carbocycles. The number of primary amides is 1. The number of carbonyl (C=O) groups excluding carboxylic acids is 1. The van der Waals surface area contributed by atoms with Crippen molar-refractivity contribution < 1.29 is 9.53 Å². The summed E-state index contributed by atoms with van der Waals surface area (Å²) in [6.45, 7) is 0.580. The molecule has 1 aliphatic carbocycles. The zero-order valence-electron chi connectivity index (χ0n) is 10.2. The summed E-state index contributed by atoms with van der Waals surface area (Å²) in [5.41, 5.74) is 11.1. The second-order valence-corrected chi connectivity index (χ2v) is 4.51. The Kier molecular flexibility index (Phi) is 4.09. The highest BCUT2D eigenvalue weighted by Crippen LogP contribution is 2.27. The summed E-state index contributed by atoms with van der Waals surface area (Å²) >= 11 is 0. The van der Waals surface area contributed by atoms with Crippen molar-refractivity contribution in [2.75, 3.05) is 6.54 Å². The van der Waals surface area contributed by atoms with E-state index in [1.807, 2.05) is 0 Å². The Morgan fingerprint density at radius 2 is 2.06 bits per heavy atom. The van der Waals surface area contributed by atoms with Crippen LogP contribution in [0.5, 0.6) is 5.88 Å². The van der Waals surface area contributed by atoms with Gasteiger partial charge in [0.1, 0.15) is 6.10 Å². The van der Waals surface area contributed by atoms with Crippen LogP contribution in [-0.4, -0.2) is 28.5 Å². The highest BCUT2D eigenvalue weighted by molar-refractivity contribution is 5.92. The van der Waals surface area contributed by atoms with Crippen LogP contribution >= 0.6 is 0 Å². The number of nitrogens with zero attached hydrogens (tertiary/aromatic N) is 2. The lowest BCUT2D eigenvalue weighted by molar-refractivity contribution is 0.0864. The molecule has 2 rings (SSSR count). The van der Waals surface area contributed by atoms with Gasteiger partial charge < -0.3 is 16.2 Å². The molecular weight excluding hydrogens is 232 g/mol. The van der Waals surface area contributed by atoms with Gasteiger partial charge in [-0.2, -0.15) is 0 Å². The summed E-state index contributed by atoms with van der Waals surface area (Å²) in [6.07, 6.45) is 7.16. The molecule has 1 heterocycles. The third kappa shape index (κ3) is 2.76. The van der Waals surface area contributed by atoms with Crippen LogP contribution in [0.3, 0.4) is 0 Å². The molecule has 18 heavy (non-hydrogen) atoms. The van der Waals surface area contributed by atoms with Gasteiger partial charge in [0.05, 0.1) is 0 Å². The minimum absolute atomic E-state index is 0.00134. The maximum atomic E-state index is 11.2. The van der Waals surface area contributed by atoms with Gasteiger partial charge in [0.2, 0.25) is 5.88 Å². The molecule has 6 nitrogen and oxygen atoms in total. The molecule has 4 N–H and O–H groups in total. The van der Waals surface area contributed by atoms with Gasteiger partial charge >= 0.3 is 0 Å². The predicted octanol–water partition coefficient (Wildman–Crippen LogP) is 0.472. The molecule has 6 heteroatoms. The number of ether oxygens (including phenoxy) is 1. The lowest BCUT2D eigenvalue weighted by Gasteiger charge is -2.30. The average Bonchev–Trinajstić information content (AvgIpc) is 2.40. The first-order valence-corrected chi connectivity index (χ1v) is 6.20. The summed E-state index contributed by atoms with van der Waals surface area (Å²) in [7, 11) is 0. The first-order chi connectivity index (χ1) is 8.72. The van der Waals surface area contributed by atoms with Gasteiger partial charge in [0.25, 0.3) is 5.91 Å². The molecule has 2 unspecified atom stereocenters. The van der Waals surface area contributed by atoms with Gasteiger partial charge in [0.15, 0.2) is 5.69 Å². The largest absolute Gasteiger partial charge is 0.472 e. The van der Waals surface area contributed by atoms with Gasteiger partial charge in [-0.15, -0.1) is 0 Å². The molecule has 1 aromatic heterocycles. The maximum Gasteiger partial charge on any atom is 0.272 e. The van der Waals surface area contributed by atoms with E-state index >= 15 is 0 Å². The standard InChI is InChI=1S/C12H18N4O2/c13-7-8-3-1-2-4-9(8)18-12-10(11(14)17)15-5-6-16-12/h5-6,8-9H,1-4,7,13H2,(H2,14,17). The normalized spacial score (nSPS) is 23.6. The zero-order valence-corrected chi connectivity index (χ0v) is 10.2. The summed E-state index contributed by atoms with van der Waals surface area (Å²) in [4.78, 5) is 19.2.